The summed E-state index contributed by atoms with van der Waals surface area (Å²) < 4.78 is 35.8. The average molecular weight is 433 g/mol. The summed E-state index contributed by atoms with van der Waals surface area (Å²) in [5.41, 5.74) is 1.18. The maximum atomic E-state index is 12.6. The number of ether oxygens (including phenoxy) is 2. The lowest BCUT2D eigenvalue weighted by molar-refractivity contribution is -0.152. The number of rotatable bonds is 13. The first kappa shape index (κ1) is 23.9. The molecular formula is C24H32O5S. The number of carbonyl (C=O) groups is 1. The minimum atomic E-state index is -3.25. The molecule has 0 aliphatic carbocycles. The third kappa shape index (κ3) is 9.44. The van der Waals surface area contributed by atoms with E-state index in [2.05, 4.69) is 0 Å². The van der Waals surface area contributed by atoms with E-state index in [1.165, 1.54) is 5.56 Å². The van der Waals surface area contributed by atoms with Gasteiger partial charge in [-0.15, -0.1) is 0 Å². The van der Waals surface area contributed by atoms with Gasteiger partial charge in [0, 0.05) is 6.42 Å². The summed E-state index contributed by atoms with van der Waals surface area (Å²) >= 11 is 0. The standard InChI is InChI=1S/C24H32O5S/c1-20(2)15-18-30(26,27)19-16-23(29-22-13-7-4-8-14-22)24(25)28-17-9-12-21-10-5-3-6-11-21/h3-8,10-11,13-14,20,23H,9,12,15-19H2,1-2H3. The van der Waals surface area contributed by atoms with Crippen LogP contribution in [0.2, 0.25) is 0 Å². The van der Waals surface area contributed by atoms with E-state index in [4.69, 9.17) is 9.47 Å². The fourth-order valence-corrected chi connectivity index (χ4v) is 4.49. The largest absolute Gasteiger partial charge is 0.479 e. The zero-order valence-electron chi connectivity index (χ0n) is 17.8. The molecule has 0 aromatic heterocycles. The Morgan fingerprint density at radius 3 is 2.13 bits per heavy atom. The molecule has 0 fully saturated rings. The molecule has 2 aromatic carbocycles. The van der Waals surface area contributed by atoms with Crippen LogP contribution >= 0.6 is 0 Å². The van der Waals surface area contributed by atoms with Gasteiger partial charge in [0.2, 0.25) is 0 Å². The van der Waals surface area contributed by atoms with Crippen molar-refractivity contribution in [3.05, 3.63) is 66.2 Å². The maximum absolute atomic E-state index is 12.6. The summed E-state index contributed by atoms with van der Waals surface area (Å²) in [6.45, 7) is 4.25. The van der Waals surface area contributed by atoms with Crippen LogP contribution in [0.15, 0.2) is 60.7 Å². The van der Waals surface area contributed by atoms with E-state index in [0.29, 0.717) is 24.5 Å². The highest BCUT2D eigenvalue weighted by Crippen LogP contribution is 2.15. The Morgan fingerprint density at radius 2 is 1.50 bits per heavy atom. The Hall–Kier alpha value is -2.34. The van der Waals surface area contributed by atoms with E-state index in [9.17, 15) is 13.2 Å². The van der Waals surface area contributed by atoms with Gasteiger partial charge < -0.3 is 9.47 Å². The van der Waals surface area contributed by atoms with Gasteiger partial charge >= 0.3 is 5.97 Å². The van der Waals surface area contributed by atoms with Gasteiger partial charge in [-0.2, -0.15) is 0 Å². The Kier molecular flexibility index (Phi) is 9.87. The van der Waals surface area contributed by atoms with Crippen molar-refractivity contribution in [3.63, 3.8) is 0 Å². The molecule has 0 bridgehead atoms. The number of hydrogen-bond acceptors (Lipinski definition) is 5. The van der Waals surface area contributed by atoms with E-state index in [1.54, 1.807) is 24.3 Å². The molecule has 0 heterocycles. The number of hydrogen-bond donors (Lipinski definition) is 0. The van der Waals surface area contributed by atoms with Crippen molar-refractivity contribution in [2.24, 2.45) is 5.92 Å². The number of sulfone groups is 1. The first-order valence-electron chi connectivity index (χ1n) is 10.5. The van der Waals surface area contributed by atoms with Crippen molar-refractivity contribution in [3.8, 4) is 5.75 Å². The molecular weight excluding hydrogens is 400 g/mol. The lowest BCUT2D eigenvalue weighted by atomic mass is 10.1. The average Bonchev–Trinajstić information content (AvgIpc) is 2.74. The topological polar surface area (TPSA) is 69.7 Å². The van der Waals surface area contributed by atoms with Crippen LogP contribution < -0.4 is 4.74 Å². The predicted molar refractivity (Wildman–Crippen MR) is 119 cm³/mol. The van der Waals surface area contributed by atoms with Gasteiger partial charge in [0.25, 0.3) is 0 Å². The van der Waals surface area contributed by atoms with Crippen LogP contribution in [0.4, 0.5) is 0 Å². The van der Waals surface area contributed by atoms with Gasteiger partial charge in [0.05, 0.1) is 18.1 Å². The van der Waals surface area contributed by atoms with Crippen molar-refractivity contribution in [1.29, 1.82) is 0 Å². The number of para-hydroxylation sites is 1. The monoisotopic (exact) mass is 432 g/mol. The van der Waals surface area contributed by atoms with Crippen LogP contribution in [0, 0.1) is 5.92 Å². The third-order valence-electron chi connectivity index (χ3n) is 4.68. The molecule has 0 saturated carbocycles. The first-order valence-corrected chi connectivity index (χ1v) is 12.3. The molecule has 30 heavy (non-hydrogen) atoms. The van der Waals surface area contributed by atoms with E-state index in [1.807, 2.05) is 50.2 Å². The minimum Gasteiger partial charge on any atom is -0.479 e. The van der Waals surface area contributed by atoms with Crippen LogP contribution in [-0.2, 0) is 25.8 Å². The number of carbonyl (C=O) groups excluding carboxylic acids is 1. The summed E-state index contributed by atoms with van der Waals surface area (Å²) in [6, 6.07) is 18.9. The molecule has 164 valence electrons. The molecule has 2 rings (SSSR count). The van der Waals surface area contributed by atoms with Crippen molar-refractivity contribution in [1.82, 2.24) is 0 Å². The van der Waals surface area contributed by atoms with E-state index < -0.39 is 21.9 Å². The lowest BCUT2D eigenvalue weighted by Crippen LogP contribution is -2.32. The molecule has 0 radical (unpaired) electrons. The van der Waals surface area contributed by atoms with E-state index in [-0.39, 0.29) is 24.5 Å². The first-order chi connectivity index (χ1) is 14.4. The Balaban J connectivity index is 1.90. The minimum absolute atomic E-state index is 0.0762. The highest BCUT2D eigenvalue weighted by molar-refractivity contribution is 7.91. The number of esters is 1. The highest BCUT2D eigenvalue weighted by atomic mass is 32.2. The second-order valence-corrected chi connectivity index (χ2v) is 10.1. The SMILES string of the molecule is CC(C)CCS(=O)(=O)CCC(Oc1ccccc1)C(=O)OCCCc1ccccc1. The molecule has 0 aliphatic rings. The van der Waals surface area contributed by atoms with Crippen molar-refractivity contribution >= 4 is 15.8 Å². The molecule has 0 aliphatic heterocycles. The van der Waals surface area contributed by atoms with Gasteiger partial charge in [-0.3, -0.25) is 0 Å². The second-order valence-electron chi connectivity index (χ2n) is 7.80. The zero-order chi connectivity index (χ0) is 21.8. The van der Waals surface area contributed by atoms with Gasteiger partial charge in [-0.05, 0) is 42.9 Å². The lowest BCUT2D eigenvalue weighted by Gasteiger charge is -2.18. The molecule has 0 amide bonds. The quantitative estimate of drug-likeness (QED) is 0.345. The molecule has 0 N–H and O–H groups in total. The fourth-order valence-electron chi connectivity index (χ4n) is 2.88. The summed E-state index contributed by atoms with van der Waals surface area (Å²) in [4.78, 5) is 12.6. The Labute approximate surface area is 180 Å². The van der Waals surface area contributed by atoms with Crippen LogP contribution in [0.3, 0.4) is 0 Å². The molecule has 5 nitrogen and oxygen atoms in total. The fraction of sp³-hybridized carbons (Fsp3) is 0.458. The molecule has 2 aromatic rings. The van der Waals surface area contributed by atoms with Crippen LogP contribution in [0.25, 0.3) is 0 Å². The molecule has 0 saturated heterocycles. The molecule has 0 spiro atoms. The van der Waals surface area contributed by atoms with E-state index >= 15 is 0 Å². The highest BCUT2D eigenvalue weighted by Gasteiger charge is 2.25. The maximum Gasteiger partial charge on any atom is 0.347 e. The summed E-state index contributed by atoms with van der Waals surface area (Å²) in [5, 5.41) is 0. The van der Waals surface area contributed by atoms with Crippen molar-refractivity contribution in [2.75, 3.05) is 18.1 Å². The van der Waals surface area contributed by atoms with Gasteiger partial charge in [0.1, 0.15) is 15.6 Å². The second kappa shape index (κ2) is 12.4. The van der Waals surface area contributed by atoms with E-state index in [0.717, 1.165) is 6.42 Å². The molecule has 1 unspecified atom stereocenters. The summed E-state index contributed by atoms with van der Waals surface area (Å²) in [6.07, 6.45) is 1.24. The Bertz CT molecular complexity index is 848. The van der Waals surface area contributed by atoms with Crippen molar-refractivity contribution in [2.45, 2.75) is 45.6 Å². The smallest absolute Gasteiger partial charge is 0.347 e. The molecule has 6 heteroatoms. The van der Waals surface area contributed by atoms with Gasteiger partial charge in [-0.1, -0.05) is 62.4 Å². The van der Waals surface area contributed by atoms with Crippen LogP contribution in [0.1, 0.15) is 38.7 Å². The predicted octanol–water partition coefficient (Wildman–Crippen LogP) is 4.46. The zero-order valence-corrected chi connectivity index (χ0v) is 18.6. The Morgan fingerprint density at radius 1 is 0.900 bits per heavy atom. The van der Waals surface area contributed by atoms with Gasteiger partial charge in [0.15, 0.2) is 6.10 Å². The van der Waals surface area contributed by atoms with Crippen LogP contribution in [-0.4, -0.2) is 38.6 Å². The number of aryl methyl sites for hydroxylation is 1. The number of benzene rings is 2. The third-order valence-corrected chi connectivity index (χ3v) is 6.39. The summed E-state index contributed by atoms with van der Waals surface area (Å²) in [7, 11) is -3.25. The van der Waals surface area contributed by atoms with Gasteiger partial charge in [-0.25, -0.2) is 13.2 Å². The molecule has 1 atom stereocenters. The van der Waals surface area contributed by atoms with Crippen molar-refractivity contribution < 1.29 is 22.7 Å². The normalized spacial score (nSPS) is 12.5. The summed E-state index contributed by atoms with van der Waals surface area (Å²) in [5.74, 6) is 0.325. The van der Waals surface area contributed by atoms with Crippen LogP contribution in [0.5, 0.6) is 5.75 Å².